The standard InChI is InChI=1S/C15H24N2O2S/c1-11(2)9-16-4-6-17(7-5-16)10-13-8-14(15(18)19)20-12(13)3/h8,11H,4-7,9-10H2,1-3H3,(H,18,19). The van der Waals surface area contributed by atoms with Gasteiger partial charge in [0.15, 0.2) is 0 Å². The van der Waals surface area contributed by atoms with E-state index in [1.54, 1.807) is 0 Å². The number of carbonyl (C=O) groups is 1. The number of hydrogen-bond acceptors (Lipinski definition) is 4. The van der Waals surface area contributed by atoms with E-state index < -0.39 is 5.97 Å². The molecule has 0 atom stereocenters. The molecular formula is C15H24N2O2S. The van der Waals surface area contributed by atoms with Gasteiger partial charge in [0.2, 0.25) is 0 Å². The molecular weight excluding hydrogens is 272 g/mol. The number of thiophene rings is 1. The molecule has 2 rings (SSSR count). The number of hydrogen-bond donors (Lipinski definition) is 1. The van der Waals surface area contributed by atoms with Gasteiger partial charge in [0.1, 0.15) is 4.88 Å². The fourth-order valence-electron chi connectivity index (χ4n) is 2.67. The summed E-state index contributed by atoms with van der Waals surface area (Å²) in [7, 11) is 0. The molecule has 0 spiro atoms. The second-order valence-corrected chi connectivity index (χ2v) is 7.22. The van der Waals surface area contributed by atoms with Gasteiger partial charge in [-0.1, -0.05) is 13.8 Å². The van der Waals surface area contributed by atoms with Crippen LogP contribution in [0, 0.1) is 12.8 Å². The molecule has 1 aromatic rings. The highest BCUT2D eigenvalue weighted by Crippen LogP contribution is 2.23. The molecule has 5 heteroatoms. The van der Waals surface area contributed by atoms with Gasteiger partial charge in [-0.05, 0) is 24.5 Å². The van der Waals surface area contributed by atoms with Gasteiger partial charge in [-0.25, -0.2) is 4.79 Å². The Bertz CT molecular complexity index is 462. The molecule has 4 nitrogen and oxygen atoms in total. The molecule has 0 aliphatic carbocycles. The van der Waals surface area contributed by atoms with E-state index in [1.807, 2.05) is 13.0 Å². The first kappa shape index (κ1) is 15.5. The Morgan fingerprint density at radius 2 is 1.90 bits per heavy atom. The van der Waals surface area contributed by atoms with E-state index in [0.717, 1.165) is 43.5 Å². The van der Waals surface area contributed by atoms with Gasteiger partial charge in [0.25, 0.3) is 0 Å². The highest BCUT2D eigenvalue weighted by atomic mass is 32.1. The van der Waals surface area contributed by atoms with Crippen molar-refractivity contribution in [3.8, 4) is 0 Å². The summed E-state index contributed by atoms with van der Waals surface area (Å²) in [5.41, 5.74) is 1.17. The van der Waals surface area contributed by atoms with E-state index in [1.165, 1.54) is 23.4 Å². The summed E-state index contributed by atoms with van der Waals surface area (Å²) >= 11 is 1.38. The number of carboxylic acid groups (broad SMARTS) is 1. The van der Waals surface area contributed by atoms with Crippen LogP contribution in [-0.2, 0) is 6.54 Å². The molecule has 0 radical (unpaired) electrons. The summed E-state index contributed by atoms with van der Waals surface area (Å²) < 4.78 is 0. The minimum absolute atomic E-state index is 0.455. The van der Waals surface area contributed by atoms with Gasteiger partial charge in [0.05, 0.1) is 0 Å². The molecule has 1 fully saturated rings. The van der Waals surface area contributed by atoms with E-state index in [0.29, 0.717) is 4.88 Å². The van der Waals surface area contributed by atoms with E-state index in [4.69, 9.17) is 5.11 Å². The van der Waals surface area contributed by atoms with Gasteiger partial charge in [-0.2, -0.15) is 0 Å². The van der Waals surface area contributed by atoms with Crippen molar-refractivity contribution < 1.29 is 9.90 Å². The van der Waals surface area contributed by atoms with E-state index in [2.05, 4.69) is 23.6 Å². The Morgan fingerprint density at radius 1 is 1.30 bits per heavy atom. The quantitative estimate of drug-likeness (QED) is 0.907. The molecule has 0 unspecified atom stereocenters. The van der Waals surface area contributed by atoms with Crippen LogP contribution in [0.15, 0.2) is 6.07 Å². The number of carboxylic acids is 1. The van der Waals surface area contributed by atoms with Gasteiger partial charge >= 0.3 is 5.97 Å². The average molecular weight is 296 g/mol. The molecule has 1 saturated heterocycles. The molecule has 1 aliphatic heterocycles. The molecule has 1 aliphatic rings. The van der Waals surface area contributed by atoms with Crippen molar-refractivity contribution >= 4 is 17.3 Å². The van der Waals surface area contributed by atoms with Crippen molar-refractivity contribution in [2.24, 2.45) is 5.92 Å². The fraction of sp³-hybridized carbons (Fsp3) is 0.667. The summed E-state index contributed by atoms with van der Waals surface area (Å²) in [4.78, 5) is 17.5. The van der Waals surface area contributed by atoms with Crippen molar-refractivity contribution in [1.82, 2.24) is 9.80 Å². The SMILES string of the molecule is Cc1sc(C(=O)O)cc1CN1CCN(CC(C)C)CC1. The van der Waals surface area contributed by atoms with Crippen LogP contribution in [0.5, 0.6) is 0 Å². The third-order valence-corrected chi connectivity index (χ3v) is 4.79. The zero-order chi connectivity index (χ0) is 14.7. The topological polar surface area (TPSA) is 43.8 Å². The molecule has 20 heavy (non-hydrogen) atoms. The minimum atomic E-state index is -0.814. The van der Waals surface area contributed by atoms with E-state index in [9.17, 15) is 4.79 Å². The maximum atomic E-state index is 11.0. The number of nitrogens with zero attached hydrogens (tertiary/aromatic N) is 2. The number of rotatable bonds is 5. The lowest BCUT2D eigenvalue weighted by atomic mass is 10.1. The van der Waals surface area contributed by atoms with Crippen molar-refractivity contribution in [3.05, 3.63) is 21.4 Å². The molecule has 0 amide bonds. The second-order valence-electron chi connectivity index (χ2n) is 5.97. The first-order valence-electron chi connectivity index (χ1n) is 7.23. The van der Waals surface area contributed by atoms with Crippen LogP contribution in [0.3, 0.4) is 0 Å². The van der Waals surface area contributed by atoms with Gasteiger partial charge in [0, 0.05) is 44.1 Å². The normalized spacial score (nSPS) is 17.8. The third-order valence-electron chi connectivity index (χ3n) is 3.71. The Hall–Kier alpha value is -0.910. The van der Waals surface area contributed by atoms with Crippen LogP contribution in [0.1, 0.15) is 34.0 Å². The lowest BCUT2D eigenvalue weighted by Gasteiger charge is -2.35. The maximum Gasteiger partial charge on any atom is 0.345 e. The fourth-order valence-corrected chi connectivity index (χ4v) is 3.54. The Balaban J connectivity index is 1.88. The van der Waals surface area contributed by atoms with Crippen molar-refractivity contribution in [2.75, 3.05) is 32.7 Å². The summed E-state index contributed by atoms with van der Waals surface area (Å²) in [6, 6.07) is 1.84. The summed E-state index contributed by atoms with van der Waals surface area (Å²) in [5.74, 6) is -0.0927. The molecule has 112 valence electrons. The van der Waals surface area contributed by atoms with Crippen LogP contribution in [0.4, 0.5) is 0 Å². The summed E-state index contributed by atoms with van der Waals surface area (Å²) in [6.07, 6.45) is 0. The van der Waals surface area contributed by atoms with E-state index in [-0.39, 0.29) is 0 Å². The zero-order valence-corrected chi connectivity index (χ0v) is 13.4. The van der Waals surface area contributed by atoms with E-state index >= 15 is 0 Å². The van der Waals surface area contributed by atoms with Crippen molar-refractivity contribution in [1.29, 1.82) is 0 Å². The molecule has 0 saturated carbocycles. The second kappa shape index (κ2) is 6.70. The smallest absolute Gasteiger partial charge is 0.345 e. The predicted molar refractivity (Wildman–Crippen MR) is 82.6 cm³/mol. The van der Waals surface area contributed by atoms with Crippen LogP contribution in [0.25, 0.3) is 0 Å². The Labute approximate surface area is 125 Å². The summed E-state index contributed by atoms with van der Waals surface area (Å²) in [6.45, 7) is 13.0. The minimum Gasteiger partial charge on any atom is -0.477 e. The average Bonchev–Trinajstić information content (AvgIpc) is 2.73. The largest absolute Gasteiger partial charge is 0.477 e. The molecule has 0 bridgehead atoms. The van der Waals surface area contributed by atoms with Crippen LogP contribution in [-0.4, -0.2) is 53.6 Å². The zero-order valence-electron chi connectivity index (χ0n) is 12.6. The number of piperazine rings is 1. The Morgan fingerprint density at radius 3 is 2.40 bits per heavy atom. The predicted octanol–water partition coefficient (Wildman–Crippen LogP) is 2.53. The number of aromatic carboxylic acids is 1. The van der Waals surface area contributed by atoms with Crippen LogP contribution in [0.2, 0.25) is 0 Å². The third kappa shape index (κ3) is 4.04. The Kier molecular flexibility index (Phi) is 5.18. The molecule has 1 aromatic heterocycles. The lowest BCUT2D eigenvalue weighted by Crippen LogP contribution is -2.46. The maximum absolute atomic E-state index is 11.0. The van der Waals surface area contributed by atoms with Gasteiger partial charge < -0.3 is 10.0 Å². The highest BCUT2D eigenvalue weighted by molar-refractivity contribution is 7.14. The molecule has 0 aromatic carbocycles. The first-order chi connectivity index (χ1) is 9.45. The highest BCUT2D eigenvalue weighted by Gasteiger charge is 2.19. The van der Waals surface area contributed by atoms with Crippen LogP contribution >= 0.6 is 11.3 Å². The van der Waals surface area contributed by atoms with Gasteiger partial charge in [-0.15, -0.1) is 11.3 Å². The lowest BCUT2D eigenvalue weighted by molar-refractivity contribution is 0.0702. The molecule has 1 N–H and O–H groups in total. The van der Waals surface area contributed by atoms with Gasteiger partial charge in [-0.3, -0.25) is 4.90 Å². The van der Waals surface area contributed by atoms with Crippen LogP contribution < -0.4 is 0 Å². The molecule has 2 heterocycles. The number of aryl methyl sites for hydroxylation is 1. The first-order valence-corrected chi connectivity index (χ1v) is 8.04. The summed E-state index contributed by atoms with van der Waals surface area (Å²) in [5, 5.41) is 9.04. The van der Waals surface area contributed by atoms with Crippen molar-refractivity contribution in [3.63, 3.8) is 0 Å². The monoisotopic (exact) mass is 296 g/mol. The van der Waals surface area contributed by atoms with Crippen molar-refractivity contribution in [2.45, 2.75) is 27.3 Å².